The fourth-order valence-electron chi connectivity index (χ4n) is 3.23. The monoisotopic (exact) mass is 547 g/mol. The molecular weight excluding hydrogens is 510 g/mol. The number of benzene rings is 1. The third kappa shape index (κ3) is 15.6. The number of carbonyl (C=O) groups excluding carboxylic acids is 5. The number of hydrazine groups is 1. The molecule has 1 aromatic carbocycles. The Labute approximate surface area is 227 Å². The second-order valence-electron chi connectivity index (χ2n) is 9.80. The number of hydrogen-bond donors (Lipinski definition) is 3. The van der Waals surface area contributed by atoms with E-state index in [4.69, 9.17) is 15.0 Å². The Balaban J connectivity index is 2.73. The molecule has 0 saturated heterocycles. The average molecular weight is 548 g/mol. The largest absolute Gasteiger partial charge is 0.460 e. The van der Waals surface area contributed by atoms with Gasteiger partial charge in [0.15, 0.2) is 0 Å². The zero-order valence-corrected chi connectivity index (χ0v) is 22.9. The number of likely N-dealkylation sites (N-methyl/N-ethyl adjacent to an activating group) is 1. The van der Waals surface area contributed by atoms with Gasteiger partial charge in [-0.3, -0.25) is 24.6 Å². The lowest BCUT2D eigenvalue weighted by Gasteiger charge is -2.25. The molecule has 3 amide bonds. The molecule has 0 radical (unpaired) electrons. The molecular formula is C25H37N7O7. The van der Waals surface area contributed by atoms with Gasteiger partial charge in [-0.05, 0) is 45.2 Å². The number of alkyl carbamates (subject to hydrolysis) is 1. The van der Waals surface area contributed by atoms with Crippen molar-refractivity contribution >= 4 is 29.7 Å². The summed E-state index contributed by atoms with van der Waals surface area (Å²) in [6.45, 7) is 6.06. The molecule has 0 aromatic heterocycles. The maximum absolute atomic E-state index is 12.9. The SMILES string of the molecule is CC(=O)C[C@H](NC(=O)OC(C)(C)C)C(=O)N[C@@H](CCN=[N+]=[N-])CC(=O)NN(C)CC(=O)OCc1ccccc1. The lowest BCUT2D eigenvalue weighted by molar-refractivity contribution is -0.147. The highest BCUT2D eigenvalue weighted by Crippen LogP contribution is 2.08. The van der Waals surface area contributed by atoms with E-state index < -0.39 is 41.6 Å². The van der Waals surface area contributed by atoms with E-state index in [9.17, 15) is 24.0 Å². The highest BCUT2D eigenvalue weighted by Gasteiger charge is 2.28. The molecule has 0 heterocycles. The Kier molecular flexibility index (Phi) is 14.0. The molecule has 0 bridgehead atoms. The number of carbonyl (C=O) groups is 5. The fourth-order valence-corrected chi connectivity index (χ4v) is 3.23. The normalized spacial score (nSPS) is 12.4. The Bertz CT molecular complexity index is 1040. The summed E-state index contributed by atoms with van der Waals surface area (Å²) in [4.78, 5) is 64.2. The van der Waals surface area contributed by atoms with Gasteiger partial charge in [-0.15, -0.1) is 0 Å². The van der Waals surface area contributed by atoms with Gasteiger partial charge in [0.2, 0.25) is 11.8 Å². The Morgan fingerprint density at radius 2 is 1.74 bits per heavy atom. The van der Waals surface area contributed by atoms with E-state index in [0.29, 0.717) is 0 Å². The minimum absolute atomic E-state index is 0.0206. The Morgan fingerprint density at radius 1 is 1.08 bits per heavy atom. The van der Waals surface area contributed by atoms with Gasteiger partial charge in [-0.2, -0.15) is 0 Å². The van der Waals surface area contributed by atoms with E-state index in [1.54, 1.807) is 20.8 Å². The predicted molar refractivity (Wildman–Crippen MR) is 141 cm³/mol. The van der Waals surface area contributed by atoms with Crippen molar-refractivity contribution in [3.8, 4) is 0 Å². The van der Waals surface area contributed by atoms with Crippen molar-refractivity contribution in [3.05, 3.63) is 46.3 Å². The van der Waals surface area contributed by atoms with Crippen LogP contribution in [0.1, 0.15) is 52.5 Å². The lowest BCUT2D eigenvalue weighted by atomic mass is 10.1. The van der Waals surface area contributed by atoms with Crippen LogP contribution < -0.4 is 16.1 Å². The summed E-state index contributed by atoms with van der Waals surface area (Å²) in [7, 11) is 1.48. The van der Waals surface area contributed by atoms with E-state index in [-0.39, 0.29) is 44.7 Å². The van der Waals surface area contributed by atoms with Gasteiger partial charge in [0, 0.05) is 37.4 Å². The standard InChI is InChI=1S/C25H37N7O7/c1-17(33)13-20(29-24(37)39-25(2,3)4)23(36)28-19(11-12-27-31-26)14-21(34)30-32(5)15-22(35)38-16-18-9-7-6-8-10-18/h6-10,19-20H,11-16H2,1-5H3,(H,28,36)(H,29,37)(H,30,34)/t19-,20-/m0/s1. The molecule has 0 fully saturated rings. The average Bonchev–Trinajstić information content (AvgIpc) is 2.81. The predicted octanol–water partition coefficient (Wildman–Crippen LogP) is 2.14. The maximum Gasteiger partial charge on any atom is 0.408 e. The molecule has 214 valence electrons. The third-order valence-corrected chi connectivity index (χ3v) is 4.84. The molecule has 0 spiro atoms. The highest BCUT2D eigenvalue weighted by molar-refractivity contribution is 5.91. The first-order chi connectivity index (χ1) is 18.3. The zero-order valence-electron chi connectivity index (χ0n) is 22.9. The molecule has 3 N–H and O–H groups in total. The van der Waals surface area contributed by atoms with Crippen molar-refractivity contribution in [1.29, 1.82) is 0 Å². The summed E-state index contributed by atoms with van der Waals surface area (Å²) in [6.07, 6.45) is -1.32. The van der Waals surface area contributed by atoms with E-state index >= 15 is 0 Å². The van der Waals surface area contributed by atoms with Crippen molar-refractivity contribution in [1.82, 2.24) is 21.1 Å². The number of esters is 1. The molecule has 0 aliphatic rings. The topological polar surface area (TPSA) is 192 Å². The first-order valence-corrected chi connectivity index (χ1v) is 12.3. The molecule has 0 saturated carbocycles. The van der Waals surface area contributed by atoms with Gasteiger partial charge in [0.1, 0.15) is 30.6 Å². The smallest absolute Gasteiger partial charge is 0.408 e. The molecule has 0 unspecified atom stereocenters. The Hall–Kier alpha value is -4.16. The first kappa shape index (κ1) is 32.9. The van der Waals surface area contributed by atoms with E-state index in [0.717, 1.165) is 5.56 Å². The number of Topliss-reactive ketones (excluding diaryl/α,β-unsaturated/α-hetero) is 1. The van der Waals surface area contributed by atoms with Gasteiger partial charge in [-0.25, -0.2) is 9.80 Å². The second kappa shape index (κ2) is 16.6. The van der Waals surface area contributed by atoms with Gasteiger partial charge in [-0.1, -0.05) is 35.4 Å². The van der Waals surface area contributed by atoms with E-state index in [1.807, 2.05) is 30.3 Å². The van der Waals surface area contributed by atoms with Crippen LogP contribution in [0.15, 0.2) is 35.4 Å². The van der Waals surface area contributed by atoms with Crippen LogP contribution in [0, 0.1) is 0 Å². The minimum Gasteiger partial charge on any atom is -0.460 e. The quantitative estimate of drug-likeness (QED) is 0.0977. The lowest BCUT2D eigenvalue weighted by Crippen LogP contribution is -2.52. The Morgan fingerprint density at radius 3 is 2.33 bits per heavy atom. The van der Waals surface area contributed by atoms with Crippen LogP contribution in [-0.2, 0) is 35.3 Å². The van der Waals surface area contributed by atoms with Crippen LogP contribution in [0.25, 0.3) is 10.4 Å². The first-order valence-electron chi connectivity index (χ1n) is 12.3. The van der Waals surface area contributed by atoms with Gasteiger partial charge < -0.3 is 20.1 Å². The molecule has 14 heteroatoms. The number of hydrogen-bond acceptors (Lipinski definition) is 9. The molecule has 2 atom stereocenters. The van der Waals surface area contributed by atoms with Crippen molar-refractivity contribution < 1.29 is 33.4 Å². The molecule has 14 nitrogen and oxygen atoms in total. The van der Waals surface area contributed by atoms with Crippen LogP contribution in [0.3, 0.4) is 0 Å². The number of amides is 3. The maximum atomic E-state index is 12.9. The van der Waals surface area contributed by atoms with Gasteiger partial charge in [0.25, 0.3) is 0 Å². The van der Waals surface area contributed by atoms with E-state index in [2.05, 4.69) is 26.1 Å². The second-order valence-corrected chi connectivity index (χ2v) is 9.80. The number of ketones is 1. The minimum atomic E-state index is -1.25. The van der Waals surface area contributed by atoms with Gasteiger partial charge >= 0.3 is 12.1 Å². The third-order valence-electron chi connectivity index (χ3n) is 4.84. The van der Waals surface area contributed by atoms with Crippen molar-refractivity contribution in [3.63, 3.8) is 0 Å². The summed E-state index contributed by atoms with van der Waals surface area (Å²) in [5, 5.41) is 9.67. The molecule has 1 aromatic rings. The summed E-state index contributed by atoms with van der Waals surface area (Å²) < 4.78 is 10.4. The van der Waals surface area contributed by atoms with Crippen LogP contribution in [0.5, 0.6) is 0 Å². The summed E-state index contributed by atoms with van der Waals surface area (Å²) in [5.74, 6) is -2.17. The van der Waals surface area contributed by atoms with Gasteiger partial charge in [0.05, 0.1) is 0 Å². The van der Waals surface area contributed by atoms with Crippen LogP contribution >= 0.6 is 0 Å². The van der Waals surface area contributed by atoms with Crippen LogP contribution in [0.4, 0.5) is 4.79 Å². The summed E-state index contributed by atoms with van der Waals surface area (Å²) >= 11 is 0. The fraction of sp³-hybridized carbons (Fsp3) is 0.560. The molecule has 39 heavy (non-hydrogen) atoms. The van der Waals surface area contributed by atoms with Crippen molar-refractivity contribution in [2.45, 2.75) is 71.2 Å². The molecule has 0 aliphatic carbocycles. The zero-order chi connectivity index (χ0) is 29.4. The summed E-state index contributed by atoms with van der Waals surface area (Å²) in [5.41, 5.74) is 11.1. The highest BCUT2D eigenvalue weighted by atomic mass is 16.6. The molecule has 1 rings (SSSR count). The number of rotatable bonds is 15. The summed E-state index contributed by atoms with van der Waals surface area (Å²) in [6, 6.07) is 7.06. The number of nitrogens with zero attached hydrogens (tertiary/aromatic N) is 4. The number of azide groups is 1. The number of ether oxygens (including phenoxy) is 2. The van der Waals surface area contributed by atoms with Crippen LogP contribution in [0.2, 0.25) is 0 Å². The van der Waals surface area contributed by atoms with E-state index in [1.165, 1.54) is 19.0 Å². The van der Waals surface area contributed by atoms with Crippen molar-refractivity contribution in [2.75, 3.05) is 20.1 Å². The number of nitrogens with one attached hydrogen (secondary N) is 3. The molecule has 0 aliphatic heterocycles. The van der Waals surface area contributed by atoms with Crippen LogP contribution in [-0.4, -0.2) is 72.5 Å². The van der Waals surface area contributed by atoms with Crippen molar-refractivity contribution in [2.24, 2.45) is 5.11 Å².